The Hall–Kier alpha value is -1.98. The zero-order valence-electron chi connectivity index (χ0n) is 12.1. The van der Waals surface area contributed by atoms with E-state index in [9.17, 15) is 4.79 Å². The molecule has 0 radical (unpaired) electrons. The maximum atomic E-state index is 11.5. The van der Waals surface area contributed by atoms with Crippen molar-refractivity contribution in [3.05, 3.63) is 17.8 Å². The lowest BCUT2D eigenvalue weighted by molar-refractivity contribution is -0.123. The maximum Gasteiger partial charge on any atom is 0.225 e. The summed E-state index contributed by atoms with van der Waals surface area (Å²) in [5, 5.41) is 0. The van der Waals surface area contributed by atoms with Crippen LogP contribution in [0.4, 0.5) is 0 Å². The monoisotopic (exact) mass is 273 g/mol. The molecule has 1 aliphatic rings. The lowest BCUT2D eigenvalue weighted by atomic mass is 10.1. The van der Waals surface area contributed by atoms with E-state index in [2.05, 4.69) is 28.8 Å². The molecular formula is C14H19N5O. The number of nitrogens with zero attached hydrogens (tertiary/aromatic N) is 4. The number of aromatic nitrogens is 4. The number of carbonyl (C=O) groups excluding carboxylic acids is 1. The molecule has 2 heterocycles. The predicted octanol–water partition coefficient (Wildman–Crippen LogP) is 1.52. The van der Waals surface area contributed by atoms with Gasteiger partial charge in [0.15, 0.2) is 5.65 Å². The summed E-state index contributed by atoms with van der Waals surface area (Å²) in [5.41, 5.74) is 7.68. The van der Waals surface area contributed by atoms with Crippen LogP contribution in [0.5, 0.6) is 0 Å². The molecule has 0 bridgehead atoms. The number of primary amides is 1. The number of fused-ring (bicyclic) bond motifs is 1. The molecule has 0 spiro atoms. The molecule has 1 amide bonds. The van der Waals surface area contributed by atoms with Crippen molar-refractivity contribution in [2.24, 2.45) is 11.1 Å². The Balaban J connectivity index is 2.07. The number of amides is 1. The molecule has 1 fully saturated rings. The van der Waals surface area contributed by atoms with Crippen molar-refractivity contribution < 1.29 is 4.79 Å². The molecule has 0 unspecified atom stereocenters. The fraction of sp³-hybridized carbons (Fsp3) is 0.571. The molecule has 1 saturated carbocycles. The van der Waals surface area contributed by atoms with Gasteiger partial charge in [0.1, 0.15) is 11.3 Å². The third kappa shape index (κ3) is 1.95. The number of hydrogen-bond donors (Lipinski definition) is 1. The summed E-state index contributed by atoms with van der Waals surface area (Å²) in [6.45, 7) is 6.62. The topological polar surface area (TPSA) is 86.7 Å². The second-order valence-corrected chi connectivity index (χ2v) is 6.00. The normalized spacial score (nSPS) is 16.8. The molecule has 0 aliphatic heterocycles. The number of nitrogens with two attached hydrogens (primary N) is 1. The minimum atomic E-state index is -0.398. The molecule has 0 aromatic carbocycles. The molecule has 0 atom stereocenters. The number of carbonyl (C=O) groups is 1. The molecule has 6 nitrogen and oxygen atoms in total. The molecule has 20 heavy (non-hydrogen) atoms. The smallest absolute Gasteiger partial charge is 0.225 e. The largest absolute Gasteiger partial charge is 0.369 e. The van der Waals surface area contributed by atoms with E-state index in [0.717, 1.165) is 35.5 Å². The van der Waals surface area contributed by atoms with Gasteiger partial charge in [-0.15, -0.1) is 0 Å². The van der Waals surface area contributed by atoms with E-state index in [1.807, 2.05) is 11.5 Å². The number of hydrogen-bond acceptors (Lipinski definition) is 4. The van der Waals surface area contributed by atoms with Crippen LogP contribution in [0.3, 0.4) is 0 Å². The highest BCUT2D eigenvalue weighted by Gasteiger charge is 2.49. The fourth-order valence-corrected chi connectivity index (χ4v) is 2.56. The zero-order chi connectivity index (χ0) is 14.5. The molecule has 0 saturated heterocycles. The van der Waals surface area contributed by atoms with E-state index in [1.54, 1.807) is 6.33 Å². The highest BCUT2D eigenvalue weighted by molar-refractivity contribution is 5.84. The lowest BCUT2D eigenvalue weighted by Crippen LogP contribution is -2.28. The van der Waals surface area contributed by atoms with Crippen molar-refractivity contribution in [1.82, 2.24) is 19.5 Å². The molecule has 1 aliphatic carbocycles. The Morgan fingerprint density at radius 3 is 2.70 bits per heavy atom. The van der Waals surface area contributed by atoms with Gasteiger partial charge in [-0.1, -0.05) is 13.8 Å². The summed E-state index contributed by atoms with van der Waals surface area (Å²) in [6.07, 6.45) is 3.44. The predicted molar refractivity (Wildman–Crippen MR) is 75.0 cm³/mol. The zero-order valence-corrected chi connectivity index (χ0v) is 12.1. The minimum Gasteiger partial charge on any atom is -0.369 e. The van der Waals surface area contributed by atoms with Gasteiger partial charge in [0.2, 0.25) is 5.91 Å². The molecule has 2 aromatic heterocycles. The van der Waals surface area contributed by atoms with Crippen LogP contribution < -0.4 is 5.73 Å². The van der Waals surface area contributed by atoms with Gasteiger partial charge in [0.25, 0.3) is 0 Å². The van der Waals surface area contributed by atoms with E-state index in [4.69, 9.17) is 5.73 Å². The van der Waals surface area contributed by atoms with Crippen LogP contribution >= 0.6 is 0 Å². The lowest BCUT2D eigenvalue weighted by Gasteiger charge is -2.12. The van der Waals surface area contributed by atoms with E-state index in [-0.39, 0.29) is 11.8 Å². The van der Waals surface area contributed by atoms with E-state index in [1.165, 1.54) is 0 Å². The summed E-state index contributed by atoms with van der Waals surface area (Å²) >= 11 is 0. The van der Waals surface area contributed by atoms with Crippen LogP contribution in [-0.2, 0) is 11.3 Å². The fourth-order valence-electron chi connectivity index (χ4n) is 2.56. The molecule has 6 heteroatoms. The summed E-state index contributed by atoms with van der Waals surface area (Å²) in [7, 11) is 0. The first-order chi connectivity index (χ1) is 9.43. The number of rotatable bonds is 4. The van der Waals surface area contributed by atoms with Gasteiger partial charge in [0, 0.05) is 6.54 Å². The Morgan fingerprint density at radius 1 is 1.45 bits per heavy atom. The molecule has 2 aromatic rings. The van der Waals surface area contributed by atoms with Crippen molar-refractivity contribution in [3.8, 4) is 0 Å². The van der Waals surface area contributed by atoms with Gasteiger partial charge in [-0.25, -0.2) is 15.0 Å². The van der Waals surface area contributed by atoms with Gasteiger partial charge in [-0.2, -0.15) is 0 Å². The SMILES string of the molecule is Cc1nc(C(C)C)c2ncn(CC3(C(N)=O)CC3)c2n1. The van der Waals surface area contributed by atoms with Crippen molar-refractivity contribution in [1.29, 1.82) is 0 Å². The molecule has 106 valence electrons. The summed E-state index contributed by atoms with van der Waals surface area (Å²) in [6, 6.07) is 0. The van der Waals surface area contributed by atoms with E-state index in [0.29, 0.717) is 6.54 Å². The van der Waals surface area contributed by atoms with E-state index < -0.39 is 5.41 Å². The van der Waals surface area contributed by atoms with Gasteiger partial charge in [-0.3, -0.25) is 4.79 Å². The standard InChI is InChI=1S/C14H19N5O/c1-8(2)10-11-12(18-9(3)17-10)19(7-16-11)6-14(4-5-14)13(15)20/h7-8H,4-6H2,1-3H3,(H2,15,20). The van der Waals surface area contributed by atoms with Gasteiger partial charge < -0.3 is 10.3 Å². The highest BCUT2D eigenvalue weighted by Crippen LogP contribution is 2.47. The average Bonchev–Trinajstić information content (AvgIpc) is 3.06. The van der Waals surface area contributed by atoms with Gasteiger partial charge in [-0.05, 0) is 25.7 Å². The van der Waals surface area contributed by atoms with Crippen molar-refractivity contribution in [3.63, 3.8) is 0 Å². The molecule has 3 rings (SSSR count). The Labute approximate surface area is 117 Å². The Morgan fingerprint density at radius 2 is 2.15 bits per heavy atom. The van der Waals surface area contributed by atoms with Crippen LogP contribution in [0.15, 0.2) is 6.33 Å². The third-order valence-electron chi connectivity index (χ3n) is 4.00. The van der Waals surface area contributed by atoms with Crippen molar-refractivity contribution in [2.45, 2.75) is 46.1 Å². The Kier molecular flexibility index (Phi) is 2.77. The van der Waals surface area contributed by atoms with Crippen LogP contribution in [-0.4, -0.2) is 25.4 Å². The van der Waals surface area contributed by atoms with Crippen LogP contribution in [0.2, 0.25) is 0 Å². The molecule has 2 N–H and O–H groups in total. The number of aryl methyl sites for hydroxylation is 1. The summed E-state index contributed by atoms with van der Waals surface area (Å²) in [4.78, 5) is 25.0. The Bertz CT molecular complexity index is 684. The first kappa shape index (κ1) is 13.0. The van der Waals surface area contributed by atoms with Crippen LogP contribution in [0.25, 0.3) is 11.2 Å². The first-order valence-corrected chi connectivity index (χ1v) is 6.92. The van der Waals surface area contributed by atoms with Gasteiger partial charge >= 0.3 is 0 Å². The highest BCUT2D eigenvalue weighted by atomic mass is 16.1. The second-order valence-electron chi connectivity index (χ2n) is 6.00. The second kappa shape index (κ2) is 4.26. The van der Waals surface area contributed by atoms with Crippen LogP contribution in [0.1, 0.15) is 44.1 Å². The first-order valence-electron chi connectivity index (χ1n) is 6.92. The van der Waals surface area contributed by atoms with E-state index >= 15 is 0 Å². The number of imidazole rings is 1. The quantitative estimate of drug-likeness (QED) is 0.915. The maximum absolute atomic E-state index is 11.5. The van der Waals surface area contributed by atoms with Crippen LogP contribution in [0, 0.1) is 12.3 Å². The average molecular weight is 273 g/mol. The minimum absolute atomic E-state index is 0.228. The third-order valence-corrected chi connectivity index (χ3v) is 4.00. The van der Waals surface area contributed by atoms with Gasteiger partial charge in [0.05, 0.1) is 17.4 Å². The molecular weight excluding hydrogens is 254 g/mol. The summed E-state index contributed by atoms with van der Waals surface area (Å²) in [5.74, 6) is 0.787. The van der Waals surface area contributed by atoms with Crippen molar-refractivity contribution in [2.75, 3.05) is 0 Å². The van der Waals surface area contributed by atoms with Crippen molar-refractivity contribution >= 4 is 17.1 Å². The summed E-state index contributed by atoms with van der Waals surface area (Å²) < 4.78 is 1.94.